The number of hydrogen-bond donors (Lipinski definition) is 1. The first-order chi connectivity index (χ1) is 9.71. The monoisotopic (exact) mass is 339 g/mol. The molecule has 2 rings (SSSR count). The van der Waals surface area contributed by atoms with Crippen molar-refractivity contribution in [2.75, 3.05) is 19.0 Å². The topological polar surface area (TPSA) is 64.9 Å². The summed E-state index contributed by atoms with van der Waals surface area (Å²) in [5, 5.41) is 7.49. The highest BCUT2D eigenvalue weighted by atomic mass is 79.9. The SMILES string of the molecule is CCNc1nc(-c2ccnn2CC)nc(COC)c1Br. The number of aryl methyl sites for hydroxylation is 1. The zero-order chi connectivity index (χ0) is 14.5. The van der Waals surface area contributed by atoms with Crippen LogP contribution in [0.3, 0.4) is 0 Å². The van der Waals surface area contributed by atoms with Crippen molar-refractivity contribution in [1.82, 2.24) is 19.7 Å². The second-order valence-corrected chi connectivity index (χ2v) is 4.95. The molecule has 6 nitrogen and oxygen atoms in total. The first-order valence-corrected chi connectivity index (χ1v) is 7.31. The zero-order valence-electron chi connectivity index (χ0n) is 11.9. The molecule has 2 aromatic rings. The van der Waals surface area contributed by atoms with Gasteiger partial charge in [-0.1, -0.05) is 0 Å². The summed E-state index contributed by atoms with van der Waals surface area (Å²) < 4.78 is 7.91. The number of ether oxygens (including phenoxy) is 1. The van der Waals surface area contributed by atoms with Gasteiger partial charge in [-0.2, -0.15) is 5.10 Å². The number of aromatic nitrogens is 4. The summed E-state index contributed by atoms with van der Waals surface area (Å²) in [6.07, 6.45) is 1.76. The number of hydrogen-bond acceptors (Lipinski definition) is 5. The Hall–Kier alpha value is -1.47. The highest BCUT2D eigenvalue weighted by Crippen LogP contribution is 2.27. The van der Waals surface area contributed by atoms with Crippen molar-refractivity contribution >= 4 is 21.7 Å². The molecule has 0 aliphatic heterocycles. The minimum atomic E-state index is 0.425. The molecule has 0 saturated carbocycles. The van der Waals surface area contributed by atoms with Crippen LogP contribution in [0.1, 0.15) is 19.5 Å². The molecule has 2 heterocycles. The van der Waals surface area contributed by atoms with E-state index >= 15 is 0 Å². The normalized spacial score (nSPS) is 10.8. The van der Waals surface area contributed by atoms with Crippen LogP contribution < -0.4 is 5.32 Å². The molecule has 0 spiro atoms. The highest BCUT2D eigenvalue weighted by Gasteiger charge is 2.15. The second kappa shape index (κ2) is 6.81. The summed E-state index contributed by atoms with van der Waals surface area (Å²) in [5.41, 5.74) is 1.72. The number of halogens is 1. The molecule has 0 aliphatic carbocycles. The minimum absolute atomic E-state index is 0.425. The van der Waals surface area contributed by atoms with Gasteiger partial charge in [0.25, 0.3) is 0 Å². The Balaban J connectivity index is 2.52. The number of anilines is 1. The standard InChI is InChI=1S/C13H18BrN5O/c1-4-15-13-11(14)9(8-20-3)17-12(18-13)10-6-7-16-19(10)5-2/h6-7H,4-5,8H2,1-3H3,(H,15,17,18). The highest BCUT2D eigenvalue weighted by molar-refractivity contribution is 9.10. The van der Waals surface area contributed by atoms with Gasteiger partial charge in [0, 0.05) is 26.4 Å². The fourth-order valence-corrected chi connectivity index (χ4v) is 2.33. The van der Waals surface area contributed by atoms with E-state index in [0.717, 1.165) is 34.8 Å². The number of rotatable bonds is 6. The number of methoxy groups -OCH3 is 1. The van der Waals surface area contributed by atoms with Crippen molar-refractivity contribution in [1.29, 1.82) is 0 Å². The van der Waals surface area contributed by atoms with E-state index in [1.165, 1.54) is 0 Å². The van der Waals surface area contributed by atoms with E-state index in [2.05, 4.69) is 36.3 Å². The van der Waals surface area contributed by atoms with Gasteiger partial charge in [0.1, 0.15) is 11.5 Å². The largest absolute Gasteiger partial charge is 0.378 e. The predicted octanol–water partition coefficient (Wildman–Crippen LogP) is 2.70. The lowest BCUT2D eigenvalue weighted by Crippen LogP contribution is -2.09. The van der Waals surface area contributed by atoms with E-state index in [4.69, 9.17) is 4.74 Å². The molecule has 0 amide bonds. The van der Waals surface area contributed by atoms with E-state index < -0.39 is 0 Å². The fraction of sp³-hybridized carbons (Fsp3) is 0.462. The maximum Gasteiger partial charge on any atom is 0.180 e. The molecule has 0 aromatic carbocycles. The third-order valence-corrected chi connectivity index (χ3v) is 3.62. The quantitative estimate of drug-likeness (QED) is 0.876. The van der Waals surface area contributed by atoms with Crippen molar-refractivity contribution in [2.45, 2.75) is 27.0 Å². The van der Waals surface area contributed by atoms with Crippen LogP contribution in [0.4, 0.5) is 5.82 Å². The van der Waals surface area contributed by atoms with Crippen LogP contribution in [0, 0.1) is 0 Å². The van der Waals surface area contributed by atoms with E-state index in [1.54, 1.807) is 13.3 Å². The molecule has 0 radical (unpaired) electrons. The van der Waals surface area contributed by atoms with Crippen molar-refractivity contribution in [3.8, 4) is 11.5 Å². The predicted molar refractivity (Wildman–Crippen MR) is 81.5 cm³/mol. The summed E-state index contributed by atoms with van der Waals surface area (Å²) in [5.74, 6) is 1.42. The lowest BCUT2D eigenvalue weighted by atomic mass is 10.3. The van der Waals surface area contributed by atoms with Crippen LogP contribution in [-0.2, 0) is 17.9 Å². The first kappa shape index (κ1) is 14.9. The molecule has 0 bridgehead atoms. The van der Waals surface area contributed by atoms with Gasteiger partial charge < -0.3 is 10.1 Å². The molecule has 7 heteroatoms. The number of nitrogens with one attached hydrogen (secondary N) is 1. The summed E-state index contributed by atoms with van der Waals surface area (Å²) in [4.78, 5) is 9.14. The lowest BCUT2D eigenvalue weighted by molar-refractivity contribution is 0.181. The molecule has 2 aromatic heterocycles. The smallest absolute Gasteiger partial charge is 0.180 e. The summed E-state index contributed by atoms with van der Waals surface area (Å²) >= 11 is 3.53. The van der Waals surface area contributed by atoms with Crippen LogP contribution in [0.2, 0.25) is 0 Å². The van der Waals surface area contributed by atoms with Crippen molar-refractivity contribution < 1.29 is 4.74 Å². The number of nitrogens with zero attached hydrogens (tertiary/aromatic N) is 4. The molecule has 0 fully saturated rings. The van der Waals surface area contributed by atoms with Crippen LogP contribution >= 0.6 is 15.9 Å². The van der Waals surface area contributed by atoms with Crippen LogP contribution in [0.5, 0.6) is 0 Å². The van der Waals surface area contributed by atoms with Crippen molar-refractivity contribution in [3.63, 3.8) is 0 Å². The Kier molecular flexibility index (Phi) is 5.08. The van der Waals surface area contributed by atoms with Gasteiger partial charge in [-0.05, 0) is 35.8 Å². The maximum atomic E-state index is 5.20. The zero-order valence-corrected chi connectivity index (χ0v) is 13.4. The Labute approximate surface area is 126 Å². The third-order valence-electron chi connectivity index (χ3n) is 2.79. The molecule has 0 aliphatic rings. The second-order valence-electron chi connectivity index (χ2n) is 4.15. The van der Waals surface area contributed by atoms with Gasteiger partial charge in [-0.25, -0.2) is 9.97 Å². The fourth-order valence-electron chi connectivity index (χ4n) is 1.90. The molecule has 108 valence electrons. The molecule has 0 saturated heterocycles. The van der Waals surface area contributed by atoms with Gasteiger partial charge >= 0.3 is 0 Å². The van der Waals surface area contributed by atoms with Crippen LogP contribution in [0.25, 0.3) is 11.5 Å². The Morgan fingerprint density at radius 1 is 1.35 bits per heavy atom. The average Bonchev–Trinajstić information content (AvgIpc) is 2.92. The minimum Gasteiger partial charge on any atom is -0.378 e. The van der Waals surface area contributed by atoms with Gasteiger partial charge in [0.05, 0.1) is 16.8 Å². The molecule has 0 unspecified atom stereocenters. The van der Waals surface area contributed by atoms with E-state index in [-0.39, 0.29) is 0 Å². The summed E-state index contributed by atoms with van der Waals surface area (Å²) in [6.45, 7) is 6.05. The van der Waals surface area contributed by atoms with Crippen molar-refractivity contribution in [3.05, 3.63) is 22.4 Å². The van der Waals surface area contributed by atoms with E-state index in [0.29, 0.717) is 12.4 Å². The third kappa shape index (κ3) is 2.99. The molecule has 1 N–H and O–H groups in total. The van der Waals surface area contributed by atoms with Crippen LogP contribution in [-0.4, -0.2) is 33.4 Å². The Morgan fingerprint density at radius 2 is 2.15 bits per heavy atom. The van der Waals surface area contributed by atoms with Gasteiger partial charge in [-0.15, -0.1) is 0 Å². The molecule has 20 heavy (non-hydrogen) atoms. The lowest BCUT2D eigenvalue weighted by Gasteiger charge is -2.12. The van der Waals surface area contributed by atoms with Crippen molar-refractivity contribution in [2.24, 2.45) is 0 Å². The molecular formula is C13H18BrN5O. The van der Waals surface area contributed by atoms with E-state index in [9.17, 15) is 0 Å². The maximum absolute atomic E-state index is 5.20. The van der Waals surface area contributed by atoms with E-state index in [1.807, 2.05) is 24.6 Å². The summed E-state index contributed by atoms with van der Waals surface area (Å²) in [6, 6.07) is 1.92. The van der Waals surface area contributed by atoms with Gasteiger partial charge in [0.2, 0.25) is 0 Å². The molecular weight excluding hydrogens is 322 g/mol. The summed E-state index contributed by atoms with van der Waals surface area (Å²) in [7, 11) is 1.65. The Bertz CT molecular complexity index is 557. The van der Waals surface area contributed by atoms with Gasteiger partial charge in [0.15, 0.2) is 5.82 Å². The van der Waals surface area contributed by atoms with Crippen LogP contribution in [0.15, 0.2) is 16.7 Å². The average molecular weight is 340 g/mol. The first-order valence-electron chi connectivity index (χ1n) is 6.52. The van der Waals surface area contributed by atoms with Gasteiger partial charge in [-0.3, -0.25) is 4.68 Å². The Morgan fingerprint density at radius 3 is 2.80 bits per heavy atom. The molecule has 0 atom stereocenters.